The molecule has 0 aliphatic heterocycles. The Balaban J connectivity index is 1.65. The number of hydrogen-bond donors (Lipinski definition) is 1. The van der Waals surface area contributed by atoms with Gasteiger partial charge in [0.1, 0.15) is 16.3 Å². The van der Waals surface area contributed by atoms with Crippen molar-refractivity contribution in [2.75, 3.05) is 19.0 Å². The predicted octanol–water partition coefficient (Wildman–Crippen LogP) is 6.63. The van der Waals surface area contributed by atoms with Crippen molar-refractivity contribution in [1.82, 2.24) is 0 Å². The standard InChI is InChI=1S/C25H26BrNO4S/c1-4-17-7-13-20(14-8-17)31-15-5-6-21(28)27-24-23(25(29)30-3)22(16(2)32-24)18-9-11-19(26)12-10-18/h7-14H,4-6,15H2,1-3H3,(H,27,28). The van der Waals surface area contributed by atoms with Crippen molar-refractivity contribution >= 4 is 44.1 Å². The highest BCUT2D eigenvalue weighted by Crippen LogP contribution is 2.40. The Bertz CT molecular complexity index is 1070. The van der Waals surface area contributed by atoms with Gasteiger partial charge in [-0.15, -0.1) is 11.3 Å². The van der Waals surface area contributed by atoms with Gasteiger partial charge in [0, 0.05) is 21.3 Å². The number of anilines is 1. The number of esters is 1. The molecule has 2 aromatic carbocycles. The topological polar surface area (TPSA) is 64.6 Å². The van der Waals surface area contributed by atoms with Gasteiger partial charge in [-0.05, 0) is 55.2 Å². The smallest absolute Gasteiger partial charge is 0.341 e. The Morgan fingerprint density at radius 3 is 2.38 bits per heavy atom. The number of rotatable bonds is 9. The quantitative estimate of drug-likeness (QED) is 0.256. The number of ether oxygens (including phenoxy) is 2. The van der Waals surface area contributed by atoms with Crippen LogP contribution in [0.2, 0.25) is 0 Å². The van der Waals surface area contributed by atoms with E-state index in [1.165, 1.54) is 24.0 Å². The number of hydrogen-bond acceptors (Lipinski definition) is 5. The van der Waals surface area contributed by atoms with Gasteiger partial charge < -0.3 is 14.8 Å². The van der Waals surface area contributed by atoms with Crippen molar-refractivity contribution in [1.29, 1.82) is 0 Å². The maximum atomic E-state index is 12.6. The summed E-state index contributed by atoms with van der Waals surface area (Å²) in [4.78, 5) is 26.0. The molecule has 1 N–H and O–H groups in total. The fourth-order valence-electron chi connectivity index (χ4n) is 3.33. The molecule has 0 fully saturated rings. The van der Waals surface area contributed by atoms with E-state index in [2.05, 4.69) is 28.2 Å². The van der Waals surface area contributed by atoms with Crippen LogP contribution in [0.4, 0.5) is 5.00 Å². The van der Waals surface area contributed by atoms with Crippen molar-refractivity contribution in [3.05, 3.63) is 69.0 Å². The summed E-state index contributed by atoms with van der Waals surface area (Å²) in [7, 11) is 1.34. The number of thiophene rings is 1. The van der Waals surface area contributed by atoms with Gasteiger partial charge in [-0.25, -0.2) is 4.79 Å². The fraction of sp³-hybridized carbons (Fsp3) is 0.280. The highest BCUT2D eigenvalue weighted by Gasteiger charge is 2.25. The molecule has 0 unspecified atom stereocenters. The van der Waals surface area contributed by atoms with Gasteiger partial charge in [0.15, 0.2) is 0 Å². The minimum atomic E-state index is -0.471. The zero-order valence-corrected chi connectivity index (χ0v) is 20.8. The lowest BCUT2D eigenvalue weighted by Gasteiger charge is -2.09. The molecule has 168 valence electrons. The van der Waals surface area contributed by atoms with Gasteiger partial charge in [0.25, 0.3) is 0 Å². The lowest BCUT2D eigenvalue weighted by atomic mass is 10.0. The molecule has 0 aliphatic carbocycles. The molecule has 0 saturated carbocycles. The van der Waals surface area contributed by atoms with E-state index in [-0.39, 0.29) is 12.3 Å². The zero-order valence-electron chi connectivity index (χ0n) is 18.4. The van der Waals surface area contributed by atoms with Crippen LogP contribution in [0.25, 0.3) is 11.1 Å². The van der Waals surface area contributed by atoms with E-state index in [1.807, 2.05) is 55.5 Å². The number of amides is 1. The average Bonchev–Trinajstić information content (AvgIpc) is 3.12. The lowest BCUT2D eigenvalue weighted by Crippen LogP contribution is -2.14. The predicted molar refractivity (Wildman–Crippen MR) is 133 cm³/mol. The van der Waals surface area contributed by atoms with Crippen LogP contribution in [0, 0.1) is 6.92 Å². The molecular weight excluding hydrogens is 490 g/mol. The monoisotopic (exact) mass is 515 g/mol. The molecule has 0 radical (unpaired) electrons. The summed E-state index contributed by atoms with van der Waals surface area (Å²) >= 11 is 4.81. The summed E-state index contributed by atoms with van der Waals surface area (Å²) in [6.45, 7) is 4.48. The Kier molecular flexibility index (Phi) is 8.47. The molecule has 7 heteroatoms. The van der Waals surface area contributed by atoms with Crippen LogP contribution in [-0.4, -0.2) is 25.6 Å². The fourth-order valence-corrected chi connectivity index (χ4v) is 4.67. The summed E-state index contributed by atoms with van der Waals surface area (Å²) in [6.07, 6.45) is 1.84. The second-order valence-electron chi connectivity index (χ2n) is 7.23. The van der Waals surface area contributed by atoms with Crippen molar-refractivity contribution < 1.29 is 19.1 Å². The molecule has 3 aromatic rings. The minimum Gasteiger partial charge on any atom is -0.494 e. The van der Waals surface area contributed by atoms with E-state index in [0.29, 0.717) is 23.6 Å². The second-order valence-corrected chi connectivity index (χ2v) is 9.37. The molecule has 3 rings (SSSR count). The maximum Gasteiger partial charge on any atom is 0.341 e. The van der Waals surface area contributed by atoms with E-state index in [9.17, 15) is 9.59 Å². The summed E-state index contributed by atoms with van der Waals surface area (Å²) in [5.41, 5.74) is 3.32. The SMILES string of the molecule is CCc1ccc(OCCCC(=O)Nc2sc(C)c(-c3ccc(Br)cc3)c2C(=O)OC)cc1. The van der Waals surface area contributed by atoms with Crippen LogP contribution in [-0.2, 0) is 16.0 Å². The molecule has 5 nitrogen and oxygen atoms in total. The number of halogens is 1. The van der Waals surface area contributed by atoms with E-state index >= 15 is 0 Å². The molecule has 1 aromatic heterocycles. The molecule has 1 amide bonds. The van der Waals surface area contributed by atoms with Gasteiger partial charge in [-0.2, -0.15) is 0 Å². The van der Waals surface area contributed by atoms with E-state index in [1.54, 1.807) is 0 Å². The first kappa shape index (κ1) is 24.0. The van der Waals surface area contributed by atoms with E-state index < -0.39 is 5.97 Å². The van der Waals surface area contributed by atoms with Crippen LogP contribution in [0.5, 0.6) is 5.75 Å². The highest BCUT2D eigenvalue weighted by atomic mass is 79.9. The molecule has 0 atom stereocenters. The summed E-state index contributed by atoms with van der Waals surface area (Å²) < 4.78 is 11.7. The average molecular weight is 516 g/mol. The number of methoxy groups -OCH3 is 1. The largest absolute Gasteiger partial charge is 0.494 e. The number of aryl methyl sites for hydroxylation is 2. The number of nitrogens with one attached hydrogen (secondary N) is 1. The first-order chi connectivity index (χ1) is 15.4. The van der Waals surface area contributed by atoms with Gasteiger partial charge in [0.05, 0.1) is 13.7 Å². The first-order valence-corrected chi connectivity index (χ1v) is 12.0. The number of carbonyl (C=O) groups is 2. The third-order valence-electron chi connectivity index (χ3n) is 5.01. The Morgan fingerprint density at radius 2 is 1.75 bits per heavy atom. The van der Waals surface area contributed by atoms with Gasteiger partial charge in [0.2, 0.25) is 5.91 Å². The molecule has 0 bridgehead atoms. The number of benzene rings is 2. The molecule has 1 heterocycles. The van der Waals surface area contributed by atoms with Gasteiger partial charge in [-0.1, -0.05) is 47.1 Å². The number of carbonyl (C=O) groups excluding carboxylic acids is 2. The Hall–Kier alpha value is -2.64. The van der Waals surface area contributed by atoms with Crippen molar-refractivity contribution in [2.24, 2.45) is 0 Å². The lowest BCUT2D eigenvalue weighted by molar-refractivity contribution is -0.116. The normalized spacial score (nSPS) is 10.6. The summed E-state index contributed by atoms with van der Waals surface area (Å²) in [6, 6.07) is 15.7. The maximum absolute atomic E-state index is 12.6. The summed E-state index contributed by atoms with van der Waals surface area (Å²) in [5.74, 6) is 0.161. The van der Waals surface area contributed by atoms with E-state index in [0.717, 1.165) is 32.6 Å². The highest BCUT2D eigenvalue weighted by molar-refractivity contribution is 9.10. The third kappa shape index (κ3) is 5.99. The molecule has 32 heavy (non-hydrogen) atoms. The molecule has 0 spiro atoms. The van der Waals surface area contributed by atoms with Gasteiger partial charge in [-0.3, -0.25) is 4.79 Å². The van der Waals surface area contributed by atoms with Crippen LogP contribution < -0.4 is 10.1 Å². The minimum absolute atomic E-state index is 0.163. The second kappa shape index (κ2) is 11.3. The summed E-state index contributed by atoms with van der Waals surface area (Å²) in [5, 5.41) is 3.40. The first-order valence-electron chi connectivity index (χ1n) is 10.4. The van der Waals surface area contributed by atoms with Crippen LogP contribution in [0.3, 0.4) is 0 Å². The van der Waals surface area contributed by atoms with Crippen molar-refractivity contribution in [3.63, 3.8) is 0 Å². The zero-order chi connectivity index (χ0) is 23.1. The Morgan fingerprint density at radius 1 is 1.06 bits per heavy atom. The van der Waals surface area contributed by atoms with Crippen molar-refractivity contribution in [2.45, 2.75) is 33.1 Å². The van der Waals surface area contributed by atoms with E-state index in [4.69, 9.17) is 9.47 Å². The molecule has 0 saturated heterocycles. The molecule has 0 aliphatic rings. The van der Waals surface area contributed by atoms with Crippen LogP contribution in [0.15, 0.2) is 53.0 Å². The Labute approximate surface area is 200 Å². The van der Waals surface area contributed by atoms with Crippen LogP contribution >= 0.6 is 27.3 Å². The molecular formula is C25H26BrNO4S. The van der Waals surface area contributed by atoms with Gasteiger partial charge >= 0.3 is 5.97 Å². The van der Waals surface area contributed by atoms with Crippen LogP contribution in [0.1, 0.15) is 40.6 Å². The van der Waals surface area contributed by atoms with Crippen molar-refractivity contribution in [3.8, 4) is 16.9 Å². The third-order valence-corrected chi connectivity index (χ3v) is 6.56.